The number of halogens is 2. The van der Waals surface area contributed by atoms with Crippen LogP contribution in [0.1, 0.15) is 57.8 Å². The van der Waals surface area contributed by atoms with E-state index in [0.717, 1.165) is 0 Å². The second-order valence-corrected chi connectivity index (χ2v) is 13.1. The highest BCUT2D eigenvalue weighted by Crippen LogP contribution is 2.31. The Morgan fingerprint density at radius 3 is 2.36 bits per heavy atom. The molecule has 7 atom stereocenters. The summed E-state index contributed by atoms with van der Waals surface area (Å²) in [6.45, 7) is 6.97. The molecule has 1 aliphatic heterocycles. The fourth-order valence-corrected chi connectivity index (χ4v) is 5.66. The molecule has 0 saturated heterocycles. The maximum absolute atomic E-state index is 13.5. The number of alkyl halides is 1. The van der Waals surface area contributed by atoms with Crippen LogP contribution < -0.4 is 15.4 Å². The van der Waals surface area contributed by atoms with Crippen LogP contribution in [0.3, 0.4) is 0 Å². The van der Waals surface area contributed by atoms with Crippen molar-refractivity contribution in [2.75, 3.05) is 13.7 Å². The molecule has 10 nitrogen and oxygen atoms in total. The maximum Gasteiger partial charge on any atom is 0.347 e. The number of hydrogen-bond acceptors (Lipinski definition) is 8. The van der Waals surface area contributed by atoms with Crippen molar-refractivity contribution in [3.8, 4) is 5.75 Å². The number of ether oxygens (including phenoxy) is 3. The topological polar surface area (TPSA) is 140 Å². The summed E-state index contributed by atoms with van der Waals surface area (Å²) in [5.74, 6) is -3.51. The molecule has 0 radical (unpaired) electrons. The van der Waals surface area contributed by atoms with Gasteiger partial charge < -0.3 is 30.0 Å². The average molecular weight is 692 g/mol. The number of rotatable bonds is 9. The third-order valence-corrected chi connectivity index (χ3v) is 8.85. The van der Waals surface area contributed by atoms with Crippen molar-refractivity contribution in [1.82, 2.24) is 10.6 Å². The summed E-state index contributed by atoms with van der Waals surface area (Å²) in [6.07, 6.45) is -0.0588. The minimum Gasteiger partial charge on any atom is -0.495 e. The number of carbonyl (C=O) groups excluding carboxylic acids is 4. The Kier molecular flexibility index (Phi) is 14.6. The van der Waals surface area contributed by atoms with Gasteiger partial charge in [0.25, 0.3) is 0 Å². The molecule has 1 aliphatic rings. The molecule has 3 N–H and O–H groups in total. The molecule has 2 aromatic carbocycles. The fourth-order valence-electron chi connectivity index (χ4n) is 5.07. The molecular formula is C35H44Cl2N2O8. The number of cyclic esters (lactones) is 2. The van der Waals surface area contributed by atoms with E-state index >= 15 is 0 Å². The second-order valence-electron chi connectivity index (χ2n) is 12.2. The zero-order valence-corrected chi connectivity index (χ0v) is 28.8. The van der Waals surface area contributed by atoms with Gasteiger partial charge in [0, 0.05) is 25.3 Å². The van der Waals surface area contributed by atoms with Crippen LogP contribution in [0.15, 0.2) is 60.7 Å². The Morgan fingerprint density at radius 1 is 1.02 bits per heavy atom. The normalized spacial score (nSPS) is 24.3. The molecule has 1 heterocycles. The van der Waals surface area contributed by atoms with E-state index in [-0.39, 0.29) is 31.7 Å². The summed E-state index contributed by atoms with van der Waals surface area (Å²) in [5, 5.41) is 15.9. The molecule has 2 amide bonds. The lowest BCUT2D eigenvalue weighted by atomic mass is 9.91. The Balaban J connectivity index is 1.92. The fraction of sp³-hybridized carbons (Fsp3) is 0.486. The van der Waals surface area contributed by atoms with Crippen molar-refractivity contribution >= 4 is 47.0 Å². The molecule has 0 spiro atoms. The van der Waals surface area contributed by atoms with Gasteiger partial charge in [-0.25, -0.2) is 4.79 Å². The molecule has 0 aromatic heterocycles. The Morgan fingerprint density at radius 2 is 1.72 bits per heavy atom. The van der Waals surface area contributed by atoms with Gasteiger partial charge in [-0.15, -0.1) is 11.6 Å². The van der Waals surface area contributed by atoms with Crippen LogP contribution in [0.4, 0.5) is 0 Å². The lowest BCUT2D eigenvalue weighted by Crippen LogP contribution is -2.49. The number of aliphatic hydroxyl groups is 1. The highest BCUT2D eigenvalue weighted by Gasteiger charge is 2.36. The third-order valence-electron chi connectivity index (χ3n) is 7.92. The van der Waals surface area contributed by atoms with Gasteiger partial charge in [0.05, 0.1) is 29.5 Å². The molecule has 47 heavy (non-hydrogen) atoms. The second kappa shape index (κ2) is 18.1. The molecule has 2 aromatic rings. The lowest BCUT2D eigenvalue weighted by Gasteiger charge is -2.31. The van der Waals surface area contributed by atoms with E-state index < -0.39 is 65.3 Å². The molecule has 0 saturated carbocycles. The van der Waals surface area contributed by atoms with Crippen molar-refractivity contribution in [2.45, 2.75) is 76.7 Å². The van der Waals surface area contributed by atoms with Crippen molar-refractivity contribution in [3.63, 3.8) is 0 Å². The van der Waals surface area contributed by atoms with Gasteiger partial charge in [0.2, 0.25) is 11.8 Å². The van der Waals surface area contributed by atoms with Crippen molar-refractivity contribution in [2.24, 2.45) is 17.8 Å². The first-order valence-corrected chi connectivity index (χ1v) is 16.5. The Bertz CT molecular complexity index is 1400. The summed E-state index contributed by atoms with van der Waals surface area (Å²) < 4.78 is 16.8. The van der Waals surface area contributed by atoms with Crippen molar-refractivity contribution < 1.29 is 38.5 Å². The van der Waals surface area contributed by atoms with Crippen LogP contribution in [0, 0.1) is 17.8 Å². The predicted octanol–water partition coefficient (Wildman–Crippen LogP) is 4.93. The summed E-state index contributed by atoms with van der Waals surface area (Å²) in [6, 6.07) is 12.9. The largest absolute Gasteiger partial charge is 0.495 e. The molecule has 0 aliphatic carbocycles. The van der Waals surface area contributed by atoms with Gasteiger partial charge in [-0.2, -0.15) is 0 Å². The molecule has 0 bridgehead atoms. The first-order chi connectivity index (χ1) is 22.3. The molecule has 0 fully saturated rings. The van der Waals surface area contributed by atoms with E-state index in [1.54, 1.807) is 56.3 Å². The lowest BCUT2D eigenvalue weighted by molar-refractivity contribution is -0.176. The smallest absolute Gasteiger partial charge is 0.347 e. The molecular weight excluding hydrogens is 647 g/mol. The van der Waals surface area contributed by atoms with Crippen LogP contribution in [-0.2, 0) is 35.1 Å². The summed E-state index contributed by atoms with van der Waals surface area (Å²) in [7, 11) is 1.49. The first kappa shape index (κ1) is 37.9. The highest BCUT2D eigenvalue weighted by molar-refractivity contribution is 6.32. The van der Waals surface area contributed by atoms with Gasteiger partial charge in [-0.1, -0.05) is 81.8 Å². The van der Waals surface area contributed by atoms with Crippen LogP contribution >= 0.6 is 23.2 Å². The SMILES string of the molecule is COc1ccc(C[C@H]2NC(=O)/C=C/C[C@@H]([C@H](C)[C@H](Cl)[C@H](O)c3ccccc3)OC(=O)[C@H](CC(C)C)OC(=O)[C@H](C)CNC2=O)cc1Cl. The third kappa shape index (κ3) is 11.3. The number of hydrogen-bond donors (Lipinski definition) is 3. The van der Waals surface area contributed by atoms with E-state index in [1.807, 2.05) is 19.9 Å². The number of aliphatic hydroxyl groups excluding tert-OH is 1. The summed E-state index contributed by atoms with van der Waals surface area (Å²) in [5.41, 5.74) is 1.27. The van der Waals surface area contributed by atoms with E-state index in [1.165, 1.54) is 19.3 Å². The van der Waals surface area contributed by atoms with E-state index in [0.29, 0.717) is 21.9 Å². The van der Waals surface area contributed by atoms with Crippen molar-refractivity contribution in [1.29, 1.82) is 0 Å². The number of methoxy groups -OCH3 is 1. The van der Waals surface area contributed by atoms with Crippen LogP contribution in [0.5, 0.6) is 5.75 Å². The van der Waals surface area contributed by atoms with Gasteiger partial charge in [0.15, 0.2) is 6.10 Å². The van der Waals surface area contributed by atoms with Crippen LogP contribution in [0.2, 0.25) is 5.02 Å². The van der Waals surface area contributed by atoms with Gasteiger partial charge in [-0.3, -0.25) is 14.4 Å². The Labute approximate surface area is 286 Å². The summed E-state index contributed by atoms with van der Waals surface area (Å²) >= 11 is 13.0. The average Bonchev–Trinajstić information content (AvgIpc) is 3.04. The van der Waals surface area contributed by atoms with Gasteiger partial charge in [0.1, 0.15) is 17.9 Å². The number of amides is 2. The van der Waals surface area contributed by atoms with E-state index in [9.17, 15) is 24.3 Å². The standard InChI is InChI=1S/C35H44Cl2N2O8/c1-20(2)16-29-35(44)46-27(22(4)31(37)32(41)24-10-7-6-8-11-24)12-9-13-30(40)39-26(33(42)38-19-21(3)34(43)47-29)18-23-14-15-28(45-5)25(36)17-23/h6-11,13-15,17,20-22,26-27,29,31-32,41H,12,16,18-19H2,1-5H3,(H,38,42)(H,39,40)/b13-9+/t21-,22+,26-,27+,29+,31+,32-/m1/s1. The van der Waals surface area contributed by atoms with Gasteiger partial charge in [-0.05, 0) is 41.7 Å². The number of carbonyl (C=O) groups is 4. The minimum absolute atomic E-state index is 0.0201. The predicted molar refractivity (Wildman–Crippen MR) is 179 cm³/mol. The zero-order valence-electron chi connectivity index (χ0n) is 27.3. The number of nitrogens with one attached hydrogen (secondary N) is 2. The number of esters is 2. The van der Waals surface area contributed by atoms with E-state index in [4.69, 9.17) is 37.4 Å². The monoisotopic (exact) mass is 690 g/mol. The number of benzene rings is 2. The Hall–Kier alpha value is -3.60. The van der Waals surface area contributed by atoms with Crippen LogP contribution in [0.25, 0.3) is 0 Å². The molecule has 3 rings (SSSR count). The van der Waals surface area contributed by atoms with Crippen LogP contribution in [-0.4, -0.2) is 66.1 Å². The minimum atomic E-state index is -1.21. The summed E-state index contributed by atoms with van der Waals surface area (Å²) in [4.78, 5) is 53.0. The maximum atomic E-state index is 13.5. The quantitative estimate of drug-likeness (QED) is 0.249. The zero-order chi connectivity index (χ0) is 34.7. The molecule has 0 unspecified atom stereocenters. The molecule has 12 heteroatoms. The van der Waals surface area contributed by atoms with Crippen molar-refractivity contribution in [3.05, 3.63) is 76.8 Å². The van der Waals surface area contributed by atoms with E-state index in [2.05, 4.69) is 10.6 Å². The first-order valence-electron chi connectivity index (χ1n) is 15.7. The highest BCUT2D eigenvalue weighted by atomic mass is 35.5. The molecule has 256 valence electrons. The van der Waals surface area contributed by atoms with Gasteiger partial charge >= 0.3 is 11.9 Å².